The van der Waals surface area contributed by atoms with Gasteiger partial charge in [-0.3, -0.25) is 0 Å². The smallest absolute Gasteiger partial charge is 0.133 e. The van der Waals surface area contributed by atoms with E-state index in [0.29, 0.717) is 18.8 Å². The zero-order chi connectivity index (χ0) is 11.5. The van der Waals surface area contributed by atoms with E-state index in [1.807, 2.05) is 6.07 Å². The first-order chi connectivity index (χ1) is 7.74. The zero-order valence-corrected chi connectivity index (χ0v) is 10.7. The van der Waals surface area contributed by atoms with E-state index in [1.165, 1.54) is 24.0 Å². The molecular formula is C12H16BrNO2. The van der Waals surface area contributed by atoms with Crippen LogP contribution in [0.15, 0.2) is 10.5 Å². The quantitative estimate of drug-likeness (QED) is 0.839. The molecule has 0 unspecified atom stereocenters. The van der Waals surface area contributed by atoms with Gasteiger partial charge in [-0.15, -0.1) is 0 Å². The molecule has 0 atom stereocenters. The van der Waals surface area contributed by atoms with Crippen LogP contribution in [-0.2, 0) is 24.1 Å². The highest BCUT2D eigenvalue weighted by Gasteiger charge is 2.18. The highest BCUT2D eigenvalue weighted by molar-refractivity contribution is 9.10. The standard InChI is InChI=1S/C12H16BrNO2/c13-11-7-8-3-1-2-4-9(8)10(12(11)15)5-6-16-14/h7,15H,1-6,14H2. The average Bonchev–Trinajstić information content (AvgIpc) is 2.30. The van der Waals surface area contributed by atoms with Crippen LogP contribution in [0, 0.1) is 0 Å². The summed E-state index contributed by atoms with van der Waals surface area (Å²) in [6.07, 6.45) is 5.26. The van der Waals surface area contributed by atoms with Crippen molar-refractivity contribution in [2.75, 3.05) is 6.61 Å². The highest BCUT2D eigenvalue weighted by atomic mass is 79.9. The minimum absolute atomic E-state index is 0.345. The first-order valence-electron chi connectivity index (χ1n) is 5.57. The molecule has 1 aromatic rings. The highest BCUT2D eigenvalue weighted by Crippen LogP contribution is 2.36. The van der Waals surface area contributed by atoms with E-state index >= 15 is 0 Å². The maximum Gasteiger partial charge on any atom is 0.133 e. The number of benzene rings is 1. The maximum atomic E-state index is 10.0. The molecule has 0 aromatic heterocycles. The van der Waals surface area contributed by atoms with Crippen LogP contribution < -0.4 is 5.90 Å². The molecule has 2 rings (SSSR count). The topological polar surface area (TPSA) is 55.5 Å². The summed E-state index contributed by atoms with van der Waals surface area (Å²) in [6, 6.07) is 2.04. The lowest BCUT2D eigenvalue weighted by Crippen LogP contribution is -2.10. The van der Waals surface area contributed by atoms with Crippen molar-refractivity contribution in [2.24, 2.45) is 5.90 Å². The number of aromatic hydroxyl groups is 1. The van der Waals surface area contributed by atoms with Crippen molar-refractivity contribution in [2.45, 2.75) is 32.1 Å². The normalized spacial score (nSPS) is 14.9. The van der Waals surface area contributed by atoms with Gasteiger partial charge in [-0.2, -0.15) is 0 Å². The van der Waals surface area contributed by atoms with Crippen molar-refractivity contribution in [3.05, 3.63) is 27.2 Å². The minimum Gasteiger partial charge on any atom is -0.506 e. The van der Waals surface area contributed by atoms with Gasteiger partial charge in [0.2, 0.25) is 0 Å². The van der Waals surface area contributed by atoms with Gasteiger partial charge in [0.05, 0.1) is 11.1 Å². The monoisotopic (exact) mass is 285 g/mol. The molecule has 0 saturated carbocycles. The number of nitrogens with two attached hydrogens (primary N) is 1. The van der Waals surface area contributed by atoms with Gasteiger partial charge >= 0.3 is 0 Å². The number of phenolic OH excluding ortho intramolecular Hbond substituents is 1. The van der Waals surface area contributed by atoms with E-state index in [-0.39, 0.29) is 0 Å². The fourth-order valence-corrected chi connectivity index (χ4v) is 2.89. The van der Waals surface area contributed by atoms with E-state index in [0.717, 1.165) is 22.9 Å². The predicted molar refractivity (Wildman–Crippen MR) is 66.3 cm³/mol. The molecular weight excluding hydrogens is 270 g/mol. The largest absolute Gasteiger partial charge is 0.506 e. The summed E-state index contributed by atoms with van der Waals surface area (Å²) in [5.41, 5.74) is 3.64. The molecule has 1 aliphatic rings. The Morgan fingerprint density at radius 1 is 1.38 bits per heavy atom. The van der Waals surface area contributed by atoms with Crippen LogP contribution in [0.3, 0.4) is 0 Å². The lowest BCUT2D eigenvalue weighted by atomic mass is 9.87. The average molecular weight is 286 g/mol. The zero-order valence-electron chi connectivity index (χ0n) is 9.13. The summed E-state index contributed by atoms with van der Waals surface area (Å²) in [4.78, 5) is 4.61. The van der Waals surface area contributed by atoms with Crippen molar-refractivity contribution in [1.82, 2.24) is 0 Å². The molecule has 3 nitrogen and oxygen atoms in total. The number of hydrogen-bond acceptors (Lipinski definition) is 3. The second-order valence-electron chi connectivity index (χ2n) is 4.15. The Hall–Kier alpha value is -0.580. The molecule has 1 aromatic carbocycles. The second-order valence-corrected chi connectivity index (χ2v) is 5.01. The Balaban J connectivity index is 2.41. The van der Waals surface area contributed by atoms with Crippen molar-refractivity contribution >= 4 is 15.9 Å². The molecule has 0 aliphatic heterocycles. The molecule has 4 heteroatoms. The van der Waals surface area contributed by atoms with Gasteiger partial charge < -0.3 is 9.94 Å². The van der Waals surface area contributed by atoms with Crippen LogP contribution in [0.5, 0.6) is 5.75 Å². The SMILES string of the molecule is NOCCc1c(O)c(Br)cc2c1CCCC2. The lowest BCUT2D eigenvalue weighted by Gasteiger charge is -2.21. The van der Waals surface area contributed by atoms with Gasteiger partial charge in [0.25, 0.3) is 0 Å². The van der Waals surface area contributed by atoms with Crippen LogP contribution in [-0.4, -0.2) is 11.7 Å². The Morgan fingerprint density at radius 2 is 2.12 bits per heavy atom. The number of aryl methyl sites for hydroxylation is 1. The fourth-order valence-electron chi connectivity index (χ4n) is 2.37. The number of fused-ring (bicyclic) bond motifs is 1. The van der Waals surface area contributed by atoms with Crippen LogP contribution in [0.2, 0.25) is 0 Å². The third-order valence-electron chi connectivity index (χ3n) is 3.16. The molecule has 0 heterocycles. The van der Waals surface area contributed by atoms with Gasteiger partial charge in [0.15, 0.2) is 0 Å². The molecule has 3 N–H and O–H groups in total. The van der Waals surface area contributed by atoms with Crippen molar-refractivity contribution in [3.8, 4) is 5.75 Å². The number of rotatable bonds is 3. The van der Waals surface area contributed by atoms with E-state index in [4.69, 9.17) is 5.90 Å². The Labute approximate surface area is 104 Å². The first-order valence-corrected chi connectivity index (χ1v) is 6.37. The van der Waals surface area contributed by atoms with Crippen molar-refractivity contribution < 1.29 is 9.94 Å². The lowest BCUT2D eigenvalue weighted by molar-refractivity contribution is 0.140. The Morgan fingerprint density at radius 3 is 2.88 bits per heavy atom. The summed E-state index contributed by atoms with van der Waals surface area (Å²) >= 11 is 3.40. The maximum absolute atomic E-state index is 10.0. The number of hydrogen-bond donors (Lipinski definition) is 2. The van der Waals surface area contributed by atoms with E-state index in [2.05, 4.69) is 20.8 Å². The Kier molecular flexibility index (Phi) is 3.84. The molecule has 88 valence electrons. The second kappa shape index (κ2) is 5.17. The number of phenols is 1. The fraction of sp³-hybridized carbons (Fsp3) is 0.500. The molecule has 0 fully saturated rings. The van der Waals surface area contributed by atoms with Crippen LogP contribution in [0.4, 0.5) is 0 Å². The summed E-state index contributed by atoms with van der Waals surface area (Å²) in [5.74, 6) is 5.39. The van der Waals surface area contributed by atoms with Gasteiger partial charge in [-0.1, -0.05) is 0 Å². The third kappa shape index (κ3) is 2.24. The van der Waals surface area contributed by atoms with E-state index in [1.54, 1.807) is 0 Å². The van der Waals surface area contributed by atoms with Gasteiger partial charge in [-0.25, -0.2) is 5.90 Å². The van der Waals surface area contributed by atoms with Gasteiger partial charge in [0.1, 0.15) is 5.75 Å². The Bertz CT molecular complexity index is 393. The molecule has 0 spiro atoms. The van der Waals surface area contributed by atoms with E-state index in [9.17, 15) is 5.11 Å². The molecule has 0 saturated heterocycles. The number of halogens is 1. The molecule has 16 heavy (non-hydrogen) atoms. The molecule has 0 amide bonds. The third-order valence-corrected chi connectivity index (χ3v) is 3.76. The van der Waals surface area contributed by atoms with Gasteiger partial charge in [0, 0.05) is 12.0 Å². The van der Waals surface area contributed by atoms with Gasteiger partial charge in [-0.05, 0) is 58.8 Å². The summed E-state index contributed by atoms with van der Waals surface area (Å²) < 4.78 is 0.778. The first kappa shape index (κ1) is 11.9. The predicted octanol–water partition coefficient (Wildman–Crippen LogP) is 2.47. The molecule has 0 radical (unpaired) electrons. The van der Waals surface area contributed by atoms with E-state index < -0.39 is 0 Å². The van der Waals surface area contributed by atoms with Crippen molar-refractivity contribution in [1.29, 1.82) is 0 Å². The summed E-state index contributed by atoms with van der Waals surface area (Å²) in [5, 5.41) is 10.0. The molecule has 1 aliphatic carbocycles. The van der Waals surface area contributed by atoms with Crippen LogP contribution in [0.25, 0.3) is 0 Å². The summed E-state index contributed by atoms with van der Waals surface area (Å²) in [6.45, 7) is 0.441. The van der Waals surface area contributed by atoms with Crippen LogP contribution in [0.1, 0.15) is 29.5 Å². The van der Waals surface area contributed by atoms with Crippen LogP contribution >= 0.6 is 15.9 Å². The summed E-state index contributed by atoms with van der Waals surface area (Å²) in [7, 11) is 0. The van der Waals surface area contributed by atoms with Crippen molar-refractivity contribution in [3.63, 3.8) is 0 Å². The molecule has 0 bridgehead atoms. The minimum atomic E-state index is 0.345.